The van der Waals surface area contributed by atoms with Crippen LogP contribution in [0.4, 0.5) is 8.78 Å². The lowest BCUT2D eigenvalue weighted by Crippen LogP contribution is -2.25. The Bertz CT molecular complexity index is 634. The zero-order valence-corrected chi connectivity index (χ0v) is 13.2. The molecule has 2 rings (SSSR count). The first kappa shape index (κ1) is 15.9. The molecule has 0 fully saturated rings. The number of hydrogen-bond donors (Lipinski definition) is 1. The molecule has 0 radical (unpaired) electrons. The molecule has 2 aromatic carbocycles. The van der Waals surface area contributed by atoms with Crippen LogP contribution in [0, 0.1) is 11.6 Å². The summed E-state index contributed by atoms with van der Waals surface area (Å²) in [7, 11) is 1.61. The minimum atomic E-state index is -0.845. The van der Waals surface area contributed by atoms with E-state index in [9.17, 15) is 8.78 Å². The minimum Gasteiger partial charge on any atom is -0.497 e. The molecule has 0 amide bonds. The van der Waals surface area contributed by atoms with Crippen LogP contribution in [0.3, 0.4) is 0 Å². The summed E-state index contributed by atoms with van der Waals surface area (Å²) in [6.07, 6.45) is 1.08. The smallest absolute Gasteiger partial charge is 0.159 e. The lowest BCUT2D eigenvalue weighted by atomic mass is 9.99. The van der Waals surface area contributed by atoms with Crippen LogP contribution in [0.1, 0.15) is 11.1 Å². The van der Waals surface area contributed by atoms with E-state index in [1.165, 1.54) is 6.07 Å². The third-order valence-electron chi connectivity index (χ3n) is 3.22. The molecule has 5 heteroatoms. The Kier molecular flexibility index (Phi) is 5.31. The van der Waals surface area contributed by atoms with Crippen LogP contribution in [0.15, 0.2) is 40.9 Å². The summed E-state index contributed by atoms with van der Waals surface area (Å²) in [5.74, 6) is -0.932. The molecule has 2 N–H and O–H groups in total. The normalized spacial score (nSPS) is 12.2. The summed E-state index contributed by atoms with van der Waals surface area (Å²) in [6, 6.07) is 9.34. The second-order valence-corrected chi connectivity index (χ2v) is 5.73. The fraction of sp³-hybridized carbons (Fsp3) is 0.250. The molecule has 2 aromatic rings. The Morgan fingerprint density at radius 1 is 1.10 bits per heavy atom. The van der Waals surface area contributed by atoms with E-state index in [2.05, 4.69) is 15.9 Å². The van der Waals surface area contributed by atoms with Gasteiger partial charge < -0.3 is 10.5 Å². The van der Waals surface area contributed by atoms with Crippen LogP contribution in [0.5, 0.6) is 5.75 Å². The second-order valence-electron chi connectivity index (χ2n) is 4.87. The van der Waals surface area contributed by atoms with Crippen LogP contribution in [-0.4, -0.2) is 13.2 Å². The van der Waals surface area contributed by atoms with Crippen molar-refractivity contribution in [2.75, 3.05) is 7.11 Å². The lowest BCUT2D eigenvalue weighted by molar-refractivity contribution is 0.414. The van der Waals surface area contributed by atoms with Gasteiger partial charge in [0.15, 0.2) is 11.6 Å². The van der Waals surface area contributed by atoms with Gasteiger partial charge in [0, 0.05) is 10.5 Å². The molecule has 21 heavy (non-hydrogen) atoms. The molecule has 1 atom stereocenters. The highest BCUT2D eigenvalue weighted by Gasteiger charge is 2.11. The van der Waals surface area contributed by atoms with Gasteiger partial charge in [-0.25, -0.2) is 8.78 Å². The van der Waals surface area contributed by atoms with Crippen LogP contribution in [0.25, 0.3) is 0 Å². The standard InChI is InChI=1S/C16H16BrF2NO/c1-21-13-3-4-14(17)11(9-13)8-12(20)6-10-2-5-15(18)16(19)7-10/h2-5,7,9,12H,6,8,20H2,1H3. The van der Waals surface area contributed by atoms with Crippen molar-refractivity contribution in [3.05, 3.63) is 63.6 Å². The average Bonchev–Trinajstić information content (AvgIpc) is 2.45. The fourth-order valence-corrected chi connectivity index (χ4v) is 2.57. The van der Waals surface area contributed by atoms with E-state index >= 15 is 0 Å². The molecular weight excluding hydrogens is 340 g/mol. The summed E-state index contributed by atoms with van der Waals surface area (Å²) in [5, 5.41) is 0. The Balaban J connectivity index is 2.07. The van der Waals surface area contributed by atoms with E-state index in [0.717, 1.165) is 21.9 Å². The highest BCUT2D eigenvalue weighted by molar-refractivity contribution is 9.10. The van der Waals surface area contributed by atoms with Gasteiger partial charge in [-0.1, -0.05) is 22.0 Å². The number of methoxy groups -OCH3 is 1. The highest BCUT2D eigenvalue weighted by Crippen LogP contribution is 2.24. The molecule has 0 spiro atoms. The minimum absolute atomic E-state index is 0.196. The second kappa shape index (κ2) is 7.00. The summed E-state index contributed by atoms with van der Waals surface area (Å²) < 4.78 is 32.2. The first-order chi connectivity index (χ1) is 9.99. The summed E-state index contributed by atoms with van der Waals surface area (Å²) in [5.41, 5.74) is 7.81. The zero-order chi connectivity index (χ0) is 15.4. The molecule has 0 bridgehead atoms. The van der Waals surface area contributed by atoms with Crippen molar-refractivity contribution >= 4 is 15.9 Å². The maximum Gasteiger partial charge on any atom is 0.159 e. The van der Waals surface area contributed by atoms with E-state index in [1.807, 2.05) is 18.2 Å². The SMILES string of the molecule is COc1ccc(Br)c(CC(N)Cc2ccc(F)c(F)c2)c1. The van der Waals surface area contributed by atoms with Gasteiger partial charge in [0.2, 0.25) is 0 Å². The third kappa shape index (κ3) is 4.25. The number of ether oxygens (including phenoxy) is 1. The molecule has 0 saturated carbocycles. The van der Waals surface area contributed by atoms with Crippen molar-refractivity contribution in [2.45, 2.75) is 18.9 Å². The highest BCUT2D eigenvalue weighted by atomic mass is 79.9. The molecule has 0 heterocycles. The number of nitrogens with two attached hydrogens (primary N) is 1. The Morgan fingerprint density at radius 3 is 2.52 bits per heavy atom. The molecule has 2 nitrogen and oxygen atoms in total. The van der Waals surface area contributed by atoms with Crippen molar-refractivity contribution in [3.63, 3.8) is 0 Å². The van der Waals surface area contributed by atoms with Crippen molar-refractivity contribution in [1.82, 2.24) is 0 Å². The predicted molar refractivity (Wildman–Crippen MR) is 82.4 cm³/mol. The fourth-order valence-electron chi connectivity index (χ4n) is 2.16. The van der Waals surface area contributed by atoms with Gasteiger partial charge in [-0.05, 0) is 54.3 Å². The first-order valence-corrected chi connectivity index (χ1v) is 7.31. The number of rotatable bonds is 5. The predicted octanol–water partition coefficient (Wildman–Crippen LogP) is 3.85. The van der Waals surface area contributed by atoms with Gasteiger partial charge in [0.05, 0.1) is 7.11 Å². The number of benzene rings is 2. The largest absolute Gasteiger partial charge is 0.497 e. The monoisotopic (exact) mass is 355 g/mol. The van der Waals surface area contributed by atoms with Crippen molar-refractivity contribution in [2.24, 2.45) is 5.73 Å². The molecule has 0 aromatic heterocycles. The van der Waals surface area contributed by atoms with E-state index in [1.54, 1.807) is 13.2 Å². The lowest BCUT2D eigenvalue weighted by Gasteiger charge is -2.14. The topological polar surface area (TPSA) is 35.2 Å². The molecule has 0 aliphatic heterocycles. The molecule has 1 unspecified atom stereocenters. The molecule has 112 valence electrons. The molecule has 0 saturated heterocycles. The summed E-state index contributed by atoms with van der Waals surface area (Å²) >= 11 is 3.47. The number of hydrogen-bond acceptors (Lipinski definition) is 2. The van der Waals surface area contributed by atoms with Crippen molar-refractivity contribution in [1.29, 1.82) is 0 Å². The third-order valence-corrected chi connectivity index (χ3v) is 3.99. The van der Waals surface area contributed by atoms with Crippen LogP contribution >= 0.6 is 15.9 Å². The van der Waals surface area contributed by atoms with Gasteiger partial charge in [0.25, 0.3) is 0 Å². The van der Waals surface area contributed by atoms with E-state index in [4.69, 9.17) is 10.5 Å². The van der Waals surface area contributed by atoms with Gasteiger partial charge >= 0.3 is 0 Å². The van der Waals surface area contributed by atoms with E-state index in [-0.39, 0.29) is 6.04 Å². The van der Waals surface area contributed by atoms with Gasteiger partial charge in [-0.2, -0.15) is 0 Å². The van der Waals surface area contributed by atoms with Crippen LogP contribution in [0.2, 0.25) is 0 Å². The number of halogens is 3. The maximum absolute atomic E-state index is 13.2. The Morgan fingerprint density at radius 2 is 1.86 bits per heavy atom. The van der Waals surface area contributed by atoms with Crippen LogP contribution < -0.4 is 10.5 Å². The van der Waals surface area contributed by atoms with Gasteiger partial charge in [-0.3, -0.25) is 0 Å². The van der Waals surface area contributed by atoms with E-state index < -0.39 is 11.6 Å². The molecule has 0 aliphatic rings. The average molecular weight is 356 g/mol. The van der Waals surface area contributed by atoms with E-state index in [0.29, 0.717) is 18.4 Å². The van der Waals surface area contributed by atoms with Gasteiger partial charge in [0.1, 0.15) is 5.75 Å². The first-order valence-electron chi connectivity index (χ1n) is 6.51. The summed E-state index contributed by atoms with van der Waals surface area (Å²) in [6.45, 7) is 0. The molecular formula is C16H16BrF2NO. The maximum atomic E-state index is 13.2. The van der Waals surface area contributed by atoms with Crippen molar-refractivity contribution < 1.29 is 13.5 Å². The molecule has 0 aliphatic carbocycles. The van der Waals surface area contributed by atoms with Gasteiger partial charge in [-0.15, -0.1) is 0 Å². The Hall–Kier alpha value is -1.46. The van der Waals surface area contributed by atoms with Crippen molar-refractivity contribution in [3.8, 4) is 5.75 Å². The van der Waals surface area contributed by atoms with Crippen LogP contribution in [-0.2, 0) is 12.8 Å². The quantitative estimate of drug-likeness (QED) is 0.883. The Labute approximate surface area is 131 Å². The zero-order valence-electron chi connectivity index (χ0n) is 11.6. The summed E-state index contributed by atoms with van der Waals surface area (Å²) in [4.78, 5) is 0.